The number of fused-ring (bicyclic) bond motifs is 1. The van der Waals surface area contributed by atoms with E-state index >= 15 is 0 Å². The number of imide groups is 2. The number of benzene rings is 4. The van der Waals surface area contributed by atoms with Crippen molar-refractivity contribution >= 4 is 68.9 Å². The number of ether oxygens (including phenoxy) is 3. The van der Waals surface area contributed by atoms with Crippen LogP contribution in [0.4, 0.5) is 10.5 Å². The van der Waals surface area contributed by atoms with Crippen molar-refractivity contribution in [2.75, 3.05) is 18.6 Å². The molecule has 1 N–H and O–H groups in total. The minimum Gasteiger partial charge on any atom is -0.493 e. The maximum atomic E-state index is 13.4. The third-order valence-electron chi connectivity index (χ3n) is 6.55. The molecule has 4 aromatic carbocycles. The molecule has 4 amide bonds. The Kier molecular flexibility index (Phi) is 8.53. The molecule has 5 rings (SSSR count). The van der Waals surface area contributed by atoms with Gasteiger partial charge in [-0.3, -0.25) is 14.9 Å². The number of hydrogen-bond acceptors (Lipinski definition) is 7. The quantitative estimate of drug-likeness (QED) is 0.108. The van der Waals surface area contributed by atoms with E-state index in [1.165, 1.54) is 37.5 Å². The number of urea groups is 1. The lowest BCUT2D eigenvalue weighted by Gasteiger charge is -2.26. The lowest BCUT2D eigenvalue weighted by Crippen LogP contribution is -2.54. The Balaban J connectivity index is 1.41. The molecule has 0 atom stereocenters. The first-order chi connectivity index (χ1) is 20.3. The smallest absolute Gasteiger partial charge is 0.338 e. The van der Waals surface area contributed by atoms with Crippen molar-refractivity contribution in [3.8, 4) is 11.5 Å². The Bertz CT molecular complexity index is 1740. The molecule has 212 valence electrons. The summed E-state index contributed by atoms with van der Waals surface area (Å²) in [6.07, 6.45) is 1.39. The van der Waals surface area contributed by atoms with Gasteiger partial charge in [0.1, 0.15) is 12.2 Å². The zero-order chi connectivity index (χ0) is 29.8. The Morgan fingerprint density at radius 3 is 2.45 bits per heavy atom. The van der Waals surface area contributed by atoms with Gasteiger partial charge in [-0.15, -0.1) is 0 Å². The Hall–Kier alpha value is -4.71. The molecule has 4 aromatic rings. The van der Waals surface area contributed by atoms with Gasteiger partial charge in [0.15, 0.2) is 11.5 Å². The van der Waals surface area contributed by atoms with Gasteiger partial charge in [-0.1, -0.05) is 42.5 Å². The van der Waals surface area contributed by atoms with E-state index < -0.39 is 23.8 Å². The summed E-state index contributed by atoms with van der Waals surface area (Å²) >= 11 is 2.11. The van der Waals surface area contributed by atoms with Crippen LogP contribution in [0.3, 0.4) is 0 Å². The fourth-order valence-electron chi connectivity index (χ4n) is 4.55. The third-order valence-corrected chi connectivity index (χ3v) is 7.35. The first kappa shape index (κ1) is 28.8. The van der Waals surface area contributed by atoms with E-state index in [0.717, 1.165) is 21.2 Å². The number of nitrogens with zero attached hydrogens (tertiary/aromatic N) is 1. The molecule has 1 heterocycles. The molecule has 1 saturated heterocycles. The molecule has 0 radical (unpaired) electrons. The van der Waals surface area contributed by atoms with Gasteiger partial charge >= 0.3 is 12.0 Å². The van der Waals surface area contributed by atoms with Gasteiger partial charge < -0.3 is 14.2 Å². The molecule has 42 heavy (non-hydrogen) atoms. The molecule has 1 aliphatic heterocycles. The van der Waals surface area contributed by atoms with E-state index in [9.17, 15) is 19.2 Å². The van der Waals surface area contributed by atoms with Crippen LogP contribution in [0.15, 0.2) is 84.4 Å². The topological polar surface area (TPSA) is 111 Å². The maximum absolute atomic E-state index is 13.4. The van der Waals surface area contributed by atoms with Crippen molar-refractivity contribution in [2.45, 2.75) is 13.5 Å². The zero-order valence-corrected chi connectivity index (χ0v) is 24.8. The molecule has 1 fully saturated rings. The van der Waals surface area contributed by atoms with E-state index in [0.29, 0.717) is 27.2 Å². The van der Waals surface area contributed by atoms with Crippen LogP contribution in [0, 0.1) is 3.57 Å². The first-order valence-corrected chi connectivity index (χ1v) is 14.0. The normalized spacial score (nSPS) is 14.2. The predicted octanol–water partition coefficient (Wildman–Crippen LogP) is 5.88. The monoisotopic (exact) mass is 676 g/mol. The molecule has 0 bridgehead atoms. The van der Waals surface area contributed by atoms with E-state index in [1.807, 2.05) is 42.5 Å². The van der Waals surface area contributed by atoms with Crippen LogP contribution >= 0.6 is 22.6 Å². The van der Waals surface area contributed by atoms with Gasteiger partial charge in [-0.25, -0.2) is 14.5 Å². The molecular weight excluding hydrogens is 651 g/mol. The van der Waals surface area contributed by atoms with Crippen molar-refractivity contribution < 1.29 is 33.4 Å². The van der Waals surface area contributed by atoms with Crippen LogP contribution in [0.1, 0.15) is 28.4 Å². The van der Waals surface area contributed by atoms with Crippen LogP contribution in [0.2, 0.25) is 0 Å². The average molecular weight is 676 g/mol. The van der Waals surface area contributed by atoms with Crippen molar-refractivity contribution in [3.05, 3.63) is 105 Å². The van der Waals surface area contributed by atoms with E-state index in [-0.39, 0.29) is 23.4 Å². The second kappa shape index (κ2) is 12.4. The maximum Gasteiger partial charge on any atom is 0.338 e. The lowest BCUT2D eigenvalue weighted by molar-refractivity contribution is -0.122. The van der Waals surface area contributed by atoms with Crippen molar-refractivity contribution in [1.29, 1.82) is 0 Å². The van der Waals surface area contributed by atoms with Gasteiger partial charge in [-0.05, 0) is 93.9 Å². The van der Waals surface area contributed by atoms with E-state index in [1.54, 1.807) is 19.1 Å². The molecule has 1 aliphatic rings. The largest absolute Gasteiger partial charge is 0.493 e. The molecule has 10 heteroatoms. The summed E-state index contributed by atoms with van der Waals surface area (Å²) in [6.45, 7) is 2.21. The fraction of sp³-hybridized carbons (Fsp3) is 0.125. The number of hydrogen-bond donors (Lipinski definition) is 1. The fourth-order valence-corrected chi connectivity index (χ4v) is 5.33. The highest BCUT2D eigenvalue weighted by molar-refractivity contribution is 14.1. The number of rotatable bonds is 8. The van der Waals surface area contributed by atoms with Crippen LogP contribution in [0.5, 0.6) is 11.5 Å². The minimum atomic E-state index is -0.893. The number of halogens is 1. The number of carbonyl (C=O) groups excluding carboxylic acids is 4. The minimum absolute atomic E-state index is 0.188. The molecular formula is C32H25IN2O7. The van der Waals surface area contributed by atoms with Crippen LogP contribution in [0.25, 0.3) is 16.8 Å². The number of nitrogens with one attached hydrogen (secondary N) is 1. The summed E-state index contributed by atoms with van der Waals surface area (Å²) in [7, 11) is 1.51. The summed E-state index contributed by atoms with van der Waals surface area (Å²) in [5.74, 6) is -1.22. The summed E-state index contributed by atoms with van der Waals surface area (Å²) in [4.78, 5) is 51.5. The third kappa shape index (κ3) is 5.84. The van der Waals surface area contributed by atoms with Gasteiger partial charge in [0, 0.05) is 0 Å². The van der Waals surface area contributed by atoms with E-state index in [2.05, 4.69) is 27.9 Å². The molecule has 0 unspecified atom stereocenters. The number of esters is 1. The average Bonchev–Trinajstić information content (AvgIpc) is 2.99. The summed E-state index contributed by atoms with van der Waals surface area (Å²) in [5.41, 5.74) is 1.72. The highest BCUT2D eigenvalue weighted by Gasteiger charge is 2.37. The van der Waals surface area contributed by atoms with E-state index in [4.69, 9.17) is 14.2 Å². The number of barbiturate groups is 1. The van der Waals surface area contributed by atoms with Crippen LogP contribution in [-0.4, -0.2) is 37.5 Å². The number of anilines is 1. The highest BCUT2D eigenvalue weighted by Crippen LogP contribution is 2.36. The molecule has 9 nitrogen and oxygen atoms in total. The molecule has 0 spiro atoms. The van der Waals surface area contributed by atoms with Crippen molar-refractivity contribution in [2.24, 2.45) is 0 Å². The van der Waals surface area contributed by atoms with Crippen LogP contribution < -0.4 is 19.7 Å². The molecule has 0 saturated carbocycles. The van der Waals surface area contributed by atoms with Crippen LogP contribution in [-0.2, 0) is 20.9 Å². The van der Waals surface area contributed by atoms with Gasteiger partial charge in [0.05, 0.1) is 28.5 Å². The van der Waals surface area contributed by atoms with Crippen molar-refractivity contribution in [1.82, 2.24) is 5.32 Å². The van der Waals surface area contributed by atoms with Crippen molar-refractivity contribution in [3.63, 3.8) is 0 Å². The number of methoxy groups -OCH3 is 1. The SMILES string of the molecule is CCOC(=O)c1ccc(N2C(=O)NC(=O)/C(=C\c3cc(I)c(OCc4cccc5ccccc45)c(OC)c3)C2=O)cc1. The summed E-state index contributed by atoms with van der Waals surface area (Å²) in [5, 5.41) is 4.40. The summed E-state index contributed by atoms with van der Waals surface area (Å²) in [6, 6.07) is 22.4. The van der Waals surface area contributed by atoms with Gasteiger partial charge in [0.2, 0.25) is 0 Å². The second-order valence-electron chi connectivity index (χ2n) is 9.19. The van der Waals surface area contributed by atoms with Gasteiger partial charge in [0.25, 0.3) is 11.8 Å². The second-order valence-corrected chi connectivity index (χ2v) is 10.3. The Morgan fingerprint density at radius 1 is 0.976 bits per heavy atom. The molecule has 0 aromatic heterocycles. The standard InChI is InChI=1S/C32H25IN2O7/c1-3-41-31(38)21-11-13-23(14-12-21)35-30(37)25(29(36)34-32(35)39)15-19-16-26(33)28(27(17-19)40-2)42-18-22-9-6-8-20-7-4-5-10-24(20)22/h4-17H,3,18H2,1-2H3,(H,34,36,39)/b25-15+. The highest BCUT2D eigenvalue weighted by atomic mass is 127. The zero-order valence-electron chi connectivity index (χ0n) is 22.7. The lowest BCUT2D eigenvalue weighted by atomic mass is 10.1. The Morgan fingerprint density at radius 2 is 1.71 bits per heavy atom. The molecule has 0 aliphatic carbocycles. The first-order valence-electron chi connectivity index (χ1n) is 13.0. The van der Waals surface area contributed by atoms with Gasteiger partial charge in [-0.2, -0.15) is 0 Å². The Labute approximate surface area is 255 Å². The predicted molar refractivity (Wildman–Crippen MR) is 165 cm³/mol. The summed E-state index contributed by atoms with van der Waals surface area (Å²) < 4.78 is 17.5. The number of amides is 4. The number of carbonyl (C=O) groups is 4.